The average Bonchev–Trinajstić information content (AvgIpc) is 2.79. The van der Waals surface area contributed by atoms with Crippen molar-refractivity contribution in [1.29, 1.82) is 0 Å². The summed E-state index contributed by atoms with van der Waals surface area (Å²) in [5, 5.41) is 2.83. The number of aromatic nitrogens is 2. The number of alkyl carbamates (subject to hydrolysis) is 1. The first-order chi connectivity index (χ1) is 17.1. The number of hydrogen-bond acceptors (Lipinski definition) is 5. The maximum absolute atomic E-state index is 13.3. The Hall–Kier alpha value is -3.65. The van der Waals surface area contributed by atoms with Gasteiger partial charge in [0.2, 0.25) is 0 Å². The lowest BCUT2D eigenvalue weighted by molar-refractivity contribution is 0.0508. The summed E-state index contributed by atoms with van der Waals surface area (Å²) in [5.41, 5.74) is 2.80. The van der Waals surface area contributed by atoms with Crippen molar-refractivity contribution in [3.8, 4) is 5.69 Å². The molecule has 190 valence electrons. The molecule has 2 aromatic carbocycles. The summed E-state index contributed by atoms with van der Waals surface area (Å²) in [7, 11) is 0. The smallest absolute Gasteiger partial charge is 0.407 e. The molecule has 0 saturated carbocycles. The number of benzene rings is 2. The Morgan fingerprint density at radius 2 is 1.75 bits per heavy atom. The molecule has 0 radical (unpaired) electrons. The van der Waals surface area contributed by atoms with Crippen LogP contribution in [-0.4, -0.2) is 38.7 Å². The minimum absolute atomic E-state index is 0.139. The van der Waals surface area contributed by atoms with Gasteiger partial charge in [0.15, 0.2) is 0 Å². The highest BCUT2D eigenvalue weighted by molar-refractivity contribution is 5.68. The molecule has 4 rings (SSSR count). The fourth-order valence-electron chi connectivity index (χ4n) is 4.49. The molecule has 1 aromatic heterocycles. The molecule has 2 heterocycles. The highest BCUT2D eigenvalue weighted by Gasteiger charge is 2.23. The first-order valence-corrected chi connectivity index (χ1v) is 12.3. The zero-order chi connectivity index (χ0) is 25.9. The highest BCUT2D eigenvalue weighted by atomic mass is 16.6. The molecule has 1 atom stereocenters. The molecule has 8 nitrogen and oxygen atoms in total. The van der Waals surface area contributed by atoms with Crippen molar-refractivity contribution in [2.24, 2.45) is 0 Å². The quantitative estimate of drug-likeness (QED) is 0.551. The van der Waals surface area contributed by atoms with Gasteiger partial charge in [-0.3, -0.25) is 9.69 Å². The first-order valence-electron chi connectivity index (χ1n) is 12.3. The van der Waals surface area contributed by atoms with Crippen LogP contribution in [-0.2, 0) is 30.7 Å². The number of aromatic amines is 1. The largest absolute Gasteiger partial charge is 0.444 e. The fraction of sp³-hybridized carbons (Fsp3) is 0.393. The first kappa shape index (κ1) is 25.4. The molecule has 1 amide bonds. The molecule has 0 unspecified atom stereocenters. The predicted molar refractivity (Wildman–Crippen MR) is 139 cm³/mol. The zero-order valence-electron chi connectivity index (χ0n) is 21.3. The standard InChI is InChI=1S/C28H34N4O4/c1-19(29-27(35)36-28(2,3)4)16-20-10-12-22(13-11-20)32-25(33)23-14-15-31(18-24(23)30-26(32)34)17-21-8-6-5-7-9-21/h5-13,19H,14-18H2,1-4H3,(H,29,35)(H,30,34)/t19-/m0/s1. The molecule has 1 aliphatic heterocycles. The van der Waals surface area contributed by atoms with Gasteiger partial charge in [0, 0.05) is 36.9 Å². The summed E-state index contributed by atoms with van der Waals surface area (Å²) in [6.45, 7) is 9.43. The van der Waals surface area contributed by atoms with Crippen LogP contribution in [0.4, 0.5) is 4.79 Å². The van der Waals surface area contributed by atoms with E-state index >= 15 is 0 Å². The normalized spacial score (nSPS) is 14.7. The SMILES string of the molecule is C[C@@H](Cc1ccc(-n2c(=O)[nH]c3c(c2=O)CCN(Cc2ccccc2)C3)cc1)NC(=O)OC(C)(C)C. The van der Waals surface area contributed by atoms with Crippen molar-refractivity contribution in [2.45, 2.75) is 65.3 Å². The molecular weight excluding hydrogens is 456 g/mol. The number of nitrogens with one attached hydrogen (secondary N) is 2. The number of fused-ring (bicyclic) bond motifs is 1. The number of hydrogen-bond donors (Lipinski definition) is 2. The van der Waals surface area contributed by atoms with Crippen molar-refractivity contribution in [1.82, 2.24) is 19.8 Å². The van der Waals surface area contributed by atoms with Crippen molar-refractivity contribution < 1.29 is 9.53 Å². The van der Waals surface area contributed by atoms with Crippen LogP contribution in [0.2, 0.25) is 0 Å². The molecule has 2 N–H and O–H groups in total. The van der Waals surface area contributed by atoms with E-state index in [1.165, 1.54) is 10.1 Å². The van der Waals surface area contributed by atoms with Gasteiger partial charge in [0.1, 0.15) is 5.60 Å². The summed E-state index contributed by atoms with van der Waals surface area (Å²) in [4.78, 5) is 43.3. The predicted octanol–water partition coefficient (Wildman–Crippen LogP) is 3.54. The third-order valence-corrected chi connectivity index (χ3v) is 6.09. The van der Waals surface area contributed by atoms with Gasteiger partial charge in [0.25, 0.3) is 5.56 Å². The van der Waals surface area contributed by atoms with E-state index in [0.29, 0.717) is 36.3 Å². The van der Waals surface area contributed by atoms with Crippen LogP contribution in [0.1, 0.15) is 50.1 Å². The third-order valence-electron chi connectivity index (χ3n) is 6.09. The fourth-order valence-corrected chi connectivity index (χ4v) is 4.49. The lowest BCUT2D eigenvalue weighted by Gasteiger charge is -2.28. The van der Waals surface area contributed by atoms with Crippen LogP contribution in [0.25, 0.3) is 5.69 Å². The lowest BCUT2D eigenvalue weighted by Crippen LogP contribution is -2.42. The van der Waals surface area contributed by atoms with Gasteiger partial charge in [0.05, 0.1) is 5.69 Å². The van der Waals surface area contributed by atoms with Gasteiger partial charge >= 0.3 is 11.8 Å². The van der Waals surface area contributed by atoms with Crippen LogP contribution < -0.4 is 16.6 Å². The van der Waals surface area contributed by atoms with E-state index in [1.807, 2.05) is 58.0 Å². The molecule has 1 aliphatic rings. The Morgan fingerprint density at radius 3 is 2.42 bits per heavy atom. The van der Waals surface area contributed by atoms with Crippen LogP contribution in [0, 0.1) is 0 Å². The van der Waals surface area contributed by atoms with Gasteiger partial charge in [-0.2, -0.15) is 0 Å². The number of carbonyl (C=O) groups is 1. The van der Waals surface area contributed by atoms with Crippen molar-refractivity contribution in [3.05, 3.63) is 97.8 Å². The van der Waals surface area contributed by atoms with E-state index in [0.717, 1.165) is 18.7 Å². The average molecular weight is 491 g/mol. The van der Waals surface area contributed by atoms with Crippen LogP contribution in [0.5, 0.6) is 0 Å². The molecule has 0 fully saturated rings. The highest BCUT2D eigenvalue weighted by Crippen LogP contribution is 2.17. The summed E-state index contributed by atoms with van der Waals surface area (Å²) in [6.07, 6.45) is 0.719. The number of H-pyrrole nitrogens is 1. The van der Waals surface area contributed by atoms with E-state index in [-0.39, 0.29) is 11.6 Å². The van der Waals surface area contributed by atoms with Crippen LogP contribution in [0.15, 0.2) is 64.2 Å². The van der Waals surface area contributed by atoms with Crippen molar-refractivity contribution in [3.63, 3.8) is 0 Å². The van der Waals surface area contributed by atoms with E-state index in [4.69, 9.17) is 4.74 Å². The van der Waals surface area contributed by atoms with Crippen molar-refractivity contribution in [2.75, 3.05) is 6.54 Å². The van der Waals surface area contributed by atoms with Gasteiger partial charge in [-0.05, 0) is 63.8 Å². The number of amides is 1. The molecule has 0 saturated heterocycles. The second-order valence-electron chi connectivity index (χ2n) is 10.4. The number of rotatable bonds is 6. The van der Waals surface area contributed by atoms with Crippen molar-refractivity contribution >= 4 is 6.09 Å². The maximum atomic E-state index is 13.3. The summed E-state index contributed by atoms with van der Waals surface area (Å²) < 4.78 is 6.51. The number of ether oxygens (including phenoxy) is 1. The number of nitrogens with zero attached hydrogens (tertiary/aromatic N) is 2. The van der Waals surface area contributed by atoms with Crippen LogP contribution >= 0.6 is 0 Å². The molecule has 0 aliphatic carbocycles. The lowest BCUT2D eigenvalue weighted by atomic mass is 10.0. The summed E-state index contributed by atoms with van der Waals surface area (Å²) in [6, 6.07) is 17.3. The molecule has 0 spiro atoms. The van der Waals surface area contributed by atoms with E-state index in [2.05, 4.69) is 27.3 Å². The Balaban J connectivity index is 1.45. The Kier molecular flexibility index (Phi) is 7.45. The third kappa shape index (κ3) is 6.31. The maximum Gasteiger partial charge on any atom is 0.407 e. The van der Waals surface area contributed by atoms with Gasteiger partial charge in [-0.25, -0.2) is 14.2 Å². The van der Waals surface area contributed by atoms with Crippen LogP contribution in [0.3, 0.4) is 0 Å². The molecular formula is C28H34N4O4. The molecule has 36 heavy (non-hydrogen) atoms. The van der Waals surface area contributed by atoms with E-state index < -0.39 is 17.4 Å². The zero-order valence-corrected chi connectivity index (χ0v) is 21.3. The topological polar surface area (TPSA) is 96.4 Å². The van der Waals surface area contributed by atoms with Gasteiger partial charge < -0.3 is 15.0 Å². The molecule has 0 bridgehead atoms. The second-order valence-corrected chi connectivity index (χ2v) is 10.4. The minimum Gasteiger partial charge on any atom is -0.444 e. The van der Waals surface area contributed by atoms with E-state index in [1.54, 1.807) is 12.1 Å². The second kappa shape index (κ2) is 10.5. The molecule has 8 heteroatoms. The van der Waals surface area contributed by atoms with Gasteiger partial charge in [-0.1, -0.05) is 42.5 Å². The summed E-state index contributed by atoms with van der Waals surface area (Å²) >= 11 is 0. The summed E-state index contributed by atoms with van der Waals surface area (Å²) in [5.74, 6) is 0. The Morgan fingerprint density at radius 1 is 1.06 bits per heavy atom. The monoisotopic (exact) mass is 490 g/mol. The number of carbonyl (C=O) groups excluding carboxylic acids is 1. The van der Waals surface area contributed by atoms with Gasteiger partial charge in [-0.15, -0.1) is 0 Å². The Bertz CT molecular complexity index is 1320. The Labute approximate surface area is 210 Å². The van der Waals surface area contributed by atoms with E-state index in [9.17, 15) is 14.4 Å². The minimum atomic E-state index is -0.555. The molecule has 3 aromatic rings.